The lowest BCUT2D eigenvalue weighted by molar-refractivity contribution is -0.150. The van der Waals surface area contributed by atoms with Gasteiger partial charge in [0.25, 0.3) is 0 Å². The zero-order chi connectivity index (χ0) is 14.1. The zero-order valence-corrected chi connectivity index (χ0v) is 12.0. The van der Waals surface area contributed by atoms with Crippen molar-refractivity contribution in [2.45, 2.75) is 70.9 Å². The van der Waals surface area contributed by atoms with Crippen molar-refractivity contribution in [2.24, 2.45) is 0 Å². The Bertz CT molecular complexity index is 294. The number of hydrogen-bond donors (Lipinski definition) is 2. The maximum absolute atomic E-state index is 11.7. The minimum atomic E-state index is -0.395. The lowest BCUT2D eigenvalue weighted by Crippen LogP contribution is -2.43. The number of esters is 1. The lowest BCUT2D eigenvalue weighted by atomic mass is 10.1. The molecule has 5 heteroatoms. The van der Waals surface area contributed by atoms with E-state index in [-0.39, 0.29) is 18.0 Å². The highest BCUT2D eigenvalue weighted by atomic mass is 16.5. The predicted octanol–water partition coefficient (Wildman–Crippen LogP) is 1.71. The first-order valence-electron chi connectivity index (χ1n) is 7.30. The summed E-state index contributed by atoms with van der Waals surface area (Å²) in [5, 5.41) is 5.70. The molecule has 1 aliphatic heterocycles. The minimum Gasteiger partial charge on any atom is -0.462 e. The SMILES string of the molecule is CC1CCCCCCCC(=O)NCNC(C)C(=O)O1. The van der Waals surface area contributed by atoms with Crippen LogP contribution >= 0.6 is 0 Å². The molecule has 0 radical (unpaired) electrons. The molecule has 2 unspecified atom stereocenters. The van der Waals surface area contributed by atoms with E-state index in [2.05, 4.69) is 10.6 Å². The molecule has 110 valence electrons. The first kappa shape index (κ1) is 16.0. The second-order valence-corrected chi connectivity index (χ2v) is 5.26. The smallest absolute Gasteiger partial charge is 0.323 e. The van der Waals surface area contributed by atoms with E-state index in [4.69, 9.17) is 4.74 Å². The van der Waals surface area contributed by atoms with E-state index in [9.17, 15) is 9.59 Å². The number of rotatable bonds is 0. The van der Waals surface area contributed by atoms with E-state index in [1.165, 1.54) is 0 Å². The number of amides is 1. The predicted molar refractivity (Wildman–Crippen MR) is 73.5 cm³/mol. The fourth-order valence-corrected chi connectivity index (χ4v) is 2.08. The Balaban J connectivity index is 2.44. The van der Waals surface area contributed by atoms with Crippen molar-refractivity contribution in [1.82, 2.24) is 10.6 Å². The lowest BCUT2D eigenvalue weighted by Gasteiger charge is -2.17. The van der Waals surface area contributed by atoms with Crippen molar-refractivity contribution in [3.05, 3.63) is 0 Å². The Hall–Kier alpha value is -1.10. The van der Waals surface area contributed by atoms with Crippen LogP contribution < -0.4 is 10.6 Å². The summed E-state index contributed by atoms with van der Waals surface area (Å²) < 4.78 is 5.35. The molecule has 1 saturated heterocycles. The van der Waals surface area contributed by atoms with Crippen molar-refractivity contribution in [3.63, 3.8) is 0 Å². The van der Waals surface area contributed by atoms with Gasteiger partial charge < -0.3 is 10.1 Å². The van der Waals surface area contributed by atoms with E-state index in [0.29, 0.717) is 13.1 Å². The van der Waals surface area contributed by atoms with Crippen molar-refractivity contribution in [1.29, 1.82) is 0 Å². The van der Waals surface area contributed by atoms with Gasteiger partial charge in [-0.3, -0.25) is 14.9 Å². The van der Waals surface area contributed by atoms with E-state index in [1.807, 2.05) is 6.92 Å². The van der Waals surface area contributed by atoms with Crippen molar-refractivity contribution >= 4 is 11.9 Å². The van der Waals surface area contributed by atoms with Gasteiger partial charge in [-0.1, -0.05) is 19.3 Å². The minimum absolute atomic E-state index is 0.0310. The van der Waals surface area contributed by atoms with E-state index in [0.717, 1.165) is 38.5 Å². The first-order valence-corrected chi connectivity index (χ1v) is 7.30. The van der Waals surface area contributed by atoms with Gasteiger partial charge in [-0.25, -0.2) is 0 Å². The Labute approximate surface area is 115 Å². The molecule has 1 fully saturated rings. The molecule has 1 amide bonds. The van der Waals surface area contributed by atoms with Gasteiger partial charge in [-0.2, -0.15) is 0 Å². The van der Waals surface area contributed by atoms with Gasteiger partial charge in [-0.15, -0.1) is 0 Å². The normalized spacial score (nSPS) is 28.7. The molecule has 2 N–H and O–H groups in total. The Kier molecular flexibility index (Phi) is 7.48. The maximum atomic E-state index is 11.7. The molecular weight excluding hydrogens is 244 g/mol. The summed E-state index contributed by atoms with van der Waals surface area (Å²) in [7, 11) is 0. The number of ether oxygens (including phenoxy) is 1. The van der Waals surface area contributed by atoms with Gasteiger partial charge >= 0.3 is 5.97 Å². The average molecular weight is 270 g/mol. The van der Waals surface area contributed by atoms with Crippen molar-refractivity contribution < 1.29 is 14.3 Å². The summed E-state index contributed by atoms with van der Waals surface area (Å²) in [6.07, 6.45) is 6.82. The molecule has 19 heavy (non-hydrogen) atoms. The van der Waals surface area contributed by atoms with Gasteiger partial charge in [0.2, 0.25) is 5.91 Å². The molecule has 1 heterocycles. The molecule has 0 aromatic rings. The summed E-state index contributed by atoms with van der Waals surface area (Å²) in [5.41, 5.74) is 0. The molecular formula is C14H26N2O3. The van der Waals surface area contributed by atoms with Crippen LogP contribution in [-0.2, 0) is 14.3 Å². The molecule has 0 spiro atoms. The van der Waals surface area contributed by atoms with Gasteiger partial charge in [0.05, 0.1) is 12.8 Å². The highest BCUT2D eigenvalue weighted by Gasteiger charge is 2.17. The topological polar surface area (TPSA) is 67.4 Å². The van der Waals surface area contributed by atoms with Crippen molar-refractivity contribution in [3.8, 4) is 0 Å². The van der Waals surface area contributed by atoms with Gasteiger partial charge in [0, 0.05) is 6.42 Å². The van der Waals surface area contributed by atoms with Crippen LogP contribution in [0.5, 0.6) is 0 Å². The molecule has 0 aromatic heterocycles. The fourth-order valence-electron chi connectivity index (χ4n) is 2.08. The number of hydrogen-bond acceptors (Lipinski definition) is 4. The molecule has 0 aliphatic carbocycles. The number of cyclic esters (lactones) is 1. The Morgan fingerprint density at radius 3 is 2.53 bits per heavy atom. The van der Waals surface area contributed by atoms with Crippen LogP contribution in [0, 0.1) is 0 Å². The third kappa shape index (κ3) is 7.15. The fraction of sp³-hybridized carbons (Fsp3) is 0.857. The first-order chi connectivity index (χ1) is 9.09. The van der Waals surface area contributed by atoms with Gasteiger partial charge in [0.15, 0.2) is 0 Å². The third-order valence-electron chi connectivity index (χ3n) is 3.38. The van der Waals surface area contributed by atoms with Crippen LogP contribution in [0.1, 0.15) is 58.8 Å². The molecule has 0 aromatic carbocycles. The highest BCUT2D eigenvalue weighted by molar-refractivity contribution is 5.76. The second kappa shape index (κ2) is 8.91. The largest absolute Gasteiger partial charge is 0.462 e. The molecule has 1 aliphatic rings. The monoisotopic (exact) mass is 270 g/mol. The molecule has 1 rings (SSSR count). The number of nitrogens with one attached hydrogen (secondary N) is 2. The molecule has 0 saturated carbocycles. The average Bonchev–Trinajstić information content (AvgIpc) is 2.36. The molecule has 0 bridgehead atoms. The van der Waals surface area contributed by atoms with Crippen LogP contribution in [-0.4, -0.2) is 30.7 Å². The Morgan fingerprint density at radius 1 is 1.05 bits per heavy atom. The third-order valence-corrected chi connectivity index (χ3v) is 3.38. The van der Waals surface area contributed by atoms with E-state index in [1.54, 1.807) is 6.92 Å². The summed E-state index contributed by atoms with van der Waals surface area (Å²) in [6, 6.07) is -0.395. The zero-order valence-electron chi connectivity index (χ0n) is 12.0. The number of carbonyl (C=O) groups is 2. The van der Waals surface area contributed by atoms with Crippen LogP contribution in [0.25, 0.3) is 0 Å². The molecule has 2 atom stereocenters. The highest BCUT2D eigenvalue weighted by Crippen LogP contribution is 2.11. The van der Waals surface area contributed by atoms with Crippen molar-refractivity contribution in [2.75, 3.05) is 6.67 Å². The van der Waals surface area contributed by atoms with E-state index < -0.39 is 6.04 Å². The van der Waals surface area contributed by atoms with E-state index >= 15 is 0 Å². The summed E-state index contributed by atoms with van der Waals surface area (Å²) in [4.78, 5) is 23.2. The van der Waals surface area contributed by atoms with Crippen LogP contribution in [0.2, 0.25) is 0 Å². The standard InChI is InChI=1S/C14H26N2O3/c1-11-8-6-4-3-5-7-9-13(17)16-10-15-12(2)14(18)19-11/h11-12,15H,3-10H2,1-2H3,(H,16,17). The maximum Gasteiger partial charge on any atom is 0.323 e. The van der Waals surface area contributed by atoms with Crippen LogP contribution in [0.15, 0.2) is 0 Å². The van der Waals surface area contributed by atoms with Gasteiger partial charge in [0.1, 0.15) is 6.04 Å². The number of carbonyl (C=O) groups excluding carboxylic acids is 2. The van der Waals surface area contributed by atoms with Crippen LogP contribution in [0.4, 0.5) is 0 Å². The Morgan fingerprint density at radius 2 is 1.74 bits per heavy atom. The van der Waals surface area contributed by atoms with Gasteiger partial charge in [-0.05, 0) is 33.1 Å². The summed E-state index contributed by atoms with van der Waals surface area (Å²) in [6.45, 7) is 3.99. The summed E-state index contributed by atoms with van der Waals surface area (Å²) >= 11 is 0. The quantitative estimate of drug-likeness (QED) is 0.658. The molecule has 5 nitrogen and oxygen atoms in total. The van der Waals surface area contributed by atoms with Crippen LogP contribution in [0.3, 0.4) is 0 Å². The summed E-state index contributed by atoms with van der Waals surface area (Å²) in [5.74, 6) is -0.215. The second-order valence-electron chi connectivity index (χ2n) is 5.26.